The summed E-state index contributed by atoms with van der Waals surface area (Å²) >= 11 is 0. The summed E-state index contributed by atoms with van der Waals surface area (Å²) < 4.78 is 3.50. The SMILES string of the molecule is C=C[C@@H](CC)C(CN(C)C)C1=C[O+]2CC1C2C1CC1(C)C. The molecule has 4 unspecified atom stereocenters. The van der Waals surface area contributed by atoms with Crippen molar-refractivity contribution in [2.75, 3.05) is 27.2 Å². The van der Waals surface area contributed by atoms with E-state index < -0.39 is 0 Å². The van der Waals surface area contributed by atoms with Gasteiger partial charge < -0.3 is 9.27 Å². The molecule has 118 valence electrons. The van der Waals surface area contributed by atoms with Crippen LogP contribution < -0.4 is 0 Å². The van der Waals surface area contributed by atoms with Crippen molar-refractivity contribution in [1.29, 1.82) is 0 Å². The zero-order chi connectivity index (χ0) is 15.4. The Hall–Kier alpha value is -0.760. The van der Waals surface area contributed by atoms with Gasteiger partial charge in [-0.1, -0.05) is 26.8 Å². The first-order chi connectivity index (χ1) is 9.89. The van der Waals surface area contributed by atoms with E-state index in [1.54, 1.807) is 5.57 Å². The monoisotopic (exact) mass is 290 g/mol. The van der Waals surface area contributed by atoms with Gasteiger partial charge in [-0.3, -0.25) is 0 Å². The van der Waals surface area contributed by atoms with E-state index in [1.807, 2.05) is 0 Å². The van der Waals surface area contributed by atoms with E-state index >= 15 is 0 Å². The Bertz CT molecular complexity index is 450. The van der Waals surface area contributed by atoms with Gasteiger partial charge in [0.25, 0.3) is 0 Å². The molecule has 0 spiro atoms. The maximum atomic E-state index is 4.09. The molecule has 0 aromatic heterocycles. The van der Waals surface area contributed by atoms with Gasteiger partial charge >= 0.3 is 0 Å². The quantitative estimate of drug-likeness (QED) is 0.509. The smallest absolute Gasteiger partial charge is 0.218 e. The molecule has 4 rings (SSSR count). The second-order valence-corrected chi connectivity index (χ2v) is 8.30. The minimum Gasteiger partial charge on any atom is -0.574 e. The lowest BCUT2D eigenvalue weighted by molar-refractivity contribution is -0.225. The molecule has 2 heteroatoms. The Morgan fingerprint density at radius 1 is 1.48 bits per heavy atom. The maximum absolute atomic E-state index is 4.09. The predicted molar refractivity (Wildman–Crippen MR) is 89.2 cm³/mol. The second-order valence-electron chi connectivity index (χ2n) is 8.30. The van der Waals surface area contributed by atoms with E-state index in [2.05, 4.69) is 63.1 Å². The molecule has 2 bridgehead atoms. The Kier molecular flexibility index (Phi) is 3.72. The average molecular weight is 290 g/mol. The lowest BCUT2D eigenvalue weighted by Crippen LogP contribution is -2.46. The Morgan fingerprint density at radius 2 is 2.14 bits per heavy atom. The van der Waals surface area contributed by atoms with E-state index in [9.17, 15) is 0 Å². The Balaban J connectivity index is 1.74. The van der Waals surface area contributed by atoms with Crippen molar-refractivity contribution >= 4 is 0 Å². The number of rotatable bonds is 7. The molecule has 2 fully saturated rings. The maximum Gasteiger partial charge on any atom is 0.218 e. The van der Waals surface area contributed by atoms with Crippen LogP contribution >= 0.6 is 0 Å². The largest absolute Gasteiger partial charge is 0.574 e. The topological polar surface area (TPSA) is 5.94 Å². The van der Waals surface area contributed by atoms with Crippen LogP contribution in [-0.2, 0) is 4.37 Å². The third-order valence-electron chi connectivity index (χ3n) is 6.10. The number of hydrogen-bond acceptors (Lipinski definition) is 1. The summed E-state index contributed by atoms with van der Waals surface area (Å²) in [5.41, 5.74) is 2.26. The molecule has 3 heterocycles. The normalized spacial score (nSPS) is 35.2. The summed E-state index contributed by atoms with van der Waals surface area (Å²) in [6.07, 6.45) is 7.94. The van der Waals surface area contributed by atoms with Crippen LogP contribution in [-0.4, -0.2) is 38.3 Å². The van der Waals surface area contributed by atoms with Gasteiger partial charge in [0.05, 0.1) is 0 Å². The standard InChI is InChI=1S/C19H32NO/c1-7-13(8-2)14(10-20(5)6)15-11-21-12-16(15)18(21)17-9-19(17,3)4/h7,11,13-14,16-18H,1,8-10,12H2,2-6H3/q+1/t13-,14?,16?,17?,18?/m0/s1. The molecule has 1 saturated heterocycles. The molecule has 0 aromatic rings. The van der Waals surface area contributed by atoms with E-state index in [4.69, 9.17) is 0 Å². The minimum absolute atomic E-state index is 0.567. The van der Waals surface area contributed by atoms with E-state index in [0.717, 1.165) is 24.5 Å². The lowest BCUT2D eigenvalue weighted by Gasteiger charge is -2.40. The summed E-state index contributed by atoms with van der Waals surface area (Å²) in [4.78, 5) is 2.34. The summed E-state index contributed by atoms with van der Waals surface area (Å²) in [5, 5.41) is 0. The Morgan fingerprint density at radius 3 is 2.62 bits per heavy atom. The molecule has 1 saturated carbocycles. The van der Waals surface area contributed by atoms with Crippen molar-refractivity contribution < 1.29 is 4.37 Å². The van der Waals surface area contributed by atoms with Gasteiger partial charge in [0.1, 0.15) is 5.92 Å². The molecule has 3 aliphatic heterocycles. The second kappa shape index (κ2) is 5.15. The molecule has 0 radical (unpaired) electrons. The number of nitrogens with zero attached hydrogens (tertiary/aromatic N) is 1. The fourth-order valence-corrected chi connectivity index (χ4v) is 4.60. The van der Waals surface area contributed by atoms with Crippen molar-refractivity contribution in [3.05, 3.63) is 24.5 Å². The molecule has 0 N–H and O–H groups in total. The number of hydrogen-bond donors (Lipinski definition) is 0. The van der Waals surface area contributed by atoms with Crippen LogP contribution in [0.25, 0.3) is 0 Å². The minimum atomic E-state index is 0.567. The summed E-state index contributed by atoms with van der Waals surface area (Å²) in [6.45, 7) is 13.6. The van der Waals surface area contributed by atoms with Crippen LogP contribution in [0.15, 0.2) is 24.5 Å². The third-order valence-corrected chi connectivity index (χ3v) is 6.10. The van der Waals surface area contributed by atoms with Crippen LogP contribution in [0.3, 0.4) is 0 Å². The van der Waals surface area contributed by atoms with Gasteiger partial charge in [0.15, 0.2) is 6.61 Å². The van der Waals surface area contributed by atoms with Crippen LogP contribution in [0.1, 0.15) is 33.6 Å². The molecule has 0 amide bonds. The molecular formula is C19H32NO+. The zero-order valence-electron chi connectivity index (χ0n) is 14.4. The predicted octanol–water partition coefficient (Wildman–Crippen LogP) is 3.87. The third kappa shape index (κ3) is 2.46. The van der Waals surface area contributed by atoms with E-state index in [0.29, 0.717) is 17.3 Å². The molecule has 4 aliphatic rings. The van der Waals surface area contributed by atoms with Crippen molar-refractivity contribution in [3.63, 3.8) is 0 Å². The van der Waals surface area contributed by atoms with Gasteiger partial charge in [-0.2, -0.15) is 0 Å². The van der Waals surface area contributed by atoms with Crippen LogP contribution in [0.5, 0.6) is 0 Å². The number of allylic oxidation sites excluding steroid dienone is 1. The lowest BCUT2D eigenvalue weighted by atomic mass is 9.76. The van der Waals surface area contributed by atoms with Crippen molar-refractivity contribution in [1.82, 2.24) is 4.90 Å². The molecule has 0 aromatic carbocycles. The fraction of sp³-hybridized carbons (Fsp3) is 0.789. The average Bonchev–Trinajstić information content (AvgIpc) is 2.81. The van der Waals surface area contributed by atoms with E-state index in [-0.39, 0.29) is 0 Å². The first-order valence-electron chi connectivity index (χ1n) is 8.56. The highest BCUT2D eigenvalue weighted by Crippen LogP contribution is 2.63. The summed E-state index contributed by atoms with van der Waals surface area (Å²) in [7, 11) is 4.38. The molecule has 5 atom stereocenters. The highest BCUT2D eigenvalue weighted by Gasteiger charge is 2.67. The van der Waals surface area contributed by atoms with E-state index in [1.165, 1.54) is 19.4 Å². The van der Waals surface area contributed by atoms with Crippen LogP contribution in [0.4, 0.5) is 0 Å². The molecule has 2 nitrogen and oxygen atoms in total. The van der Waals surface area contributed by atoms with Crippen molar-refractivity contribution in [2.45, 2.75) is 39.7 Å². The van der Waals surface area contributed by atoms with Crippen LogP contribution in [0, 0.1) is 29.1 Å². The zero-order valence-corrected chi connectivity index (χ0v) is 14.4. The summed E-state index contributed by atoms with van der Waals surface area (Å²) in [6, 6.07) is 0. The van der Waals surface area contributed by atoms with Crippen LogP contribution in [0.2, 0.25) is 0 Å². The van der Waals surface area contributed by atoms with Crippen molar-refractivity contribution in [2.24, 2.45) is 29.1 Å². The Labute approximate surface area is 130 Å². The highest BCUT2D eigenvalue weighted by atomic mass is 16.7. The van der Waals surface area contributed by atoms with Crippen molar-refractivity contribution in [3.8, 4) is 0 Å². The van der Waals surface area contributed by atoms with Gasteiger partial charge in [-0.25, -0.2) is 0 Å². The van der Waals surface area contributed by atoms with Gasteiger partial charge in [-0.15, -0.1) is 6.58 Å². The highest BCUT2D eigenvalue weighted by molar-refractivity contribution is 5.27. The molecule has 21 heavy (non-hydrogen) atoms. The van der Waals surface area contributed by atoms with Gasteiger partial charge in [-0.05, 0) is 38.3 Å². The van der Waals surface area contributed by atoms with Gasteiger partial charge in [0, 0.05) is 24.0 Å². The summed E-state index contributed by atoms with van der Waals surface area (Å²) in [5.74, 6) is 2.92. The first-order valence-corrected chi connectivity index (χ1v) is 8.56. The fourth-order valence-electron chi connectivity index (χ4n) is 4.60. The first kappa shape index (κ1) is 15.1. The molecular weight excluding hydrogens is 258 g/mol. The van der Waals surface area contributed by atoms with Gasteiger partial charge in [0.2, 0.25) is 12.4 Å². The molecule has 1 aliphatic carbocycles.